The van der Waals surface area contributed by atoms with Gasteiger partial charge >= 0.3 is 0 Å². The highest BCUT2D eigenvalue weighted by atomic mass is 35.5. The van der Waals surface area contributed by atoms with E-state index in [2.05, 4.69) is 0 Å². The number of aldehydes is 1. The Bertz CT molecular complexity index is 335. The topological polar surface area (TPSA) is 43.1 Å². The Morgan fingerprint density at radius 1 is 1.46 bits per heavy atom. The number of anilines is 1. The predicted octanol–water partition coefficient (Wildman–Crippen LogP) is 2.44. The van der Waals surface area contributed by atoms with E-state index in [0.717, 1.165) is 17.4 Å². The Kier molecular flexibility index (Phi) is 3.09. The molecule has 1 aromatic rings. The fourth-order valence-corrected chi connectivity index (χ4v) is 1.30. The second-order valence-corrected chi connectivity index (χ2v) is 3.14. The SMILES string of the molecule is Cc1cc(C=CC=O)cc(Cl)c1N. The molecule has 0 fully saturated rings. The molecular formula is C10H10ClNO. The third-order valence-electron chi connectivity index (χ3n) is 1.73. The van der Waals surface area contributed by atoms with E-state index in [0.29, 0.717) is 10.7 Å². The van der Waals surface area contributed by atoms with Crippen LogP contribution in [0.15, 0.2) is 18.2 Å². The van der Waals surface area contributed by atoms with Crippen molar-refractivity contribution in [1.82, 2.24) is 0 Å². The highest BCUT2D eigenvalue weighted by Crippen LogP contribution is 2.24. The van der Waals surface area contributed by atoms with Crippen molar-refractivity contribution >= 4 is 29.7 Å². The van der Waals surface area contributed by atoms with Gasteiger partial charge in [-0.15, -0.1) is 0 Å². The number of carbonyl (C=O) groups is 1. The fourth-order valence-electron chi connectivity index (χ4n) is 1.03. The van der Waals surface area contributed by atoms with E-state index in [1.165, 1.54) is 6.08 Å². The average Bonchev–Trinajstić information content (AvgIpc) is 2.10. The first-order valence-corrected chi connectivity index (χ1v) is 4.20. The molecule has 0 aromatic heterocycles. The number of nitrogens with two attached hydrogens (primary N) is 1. The first-order chi connectivity index (χ1) is 6.15. The van der Waals surface area contributed by atoms with Crippen LogP contribution in [0.4, 0.5) is 5.69 Å². The van der Waals surface area contributed by atoms with Crippen LogP contribution in [0.25, 0.3) is 6.08 Å². The molecule has 2 nitrogen and oxygen atoms in total. The number of halogens is 1. The number of aryl methyl sites for hydroxylation is 1. The number of benzene rings is 1. The minimum absolute atomic E-state index is 0.519. The minimum Gasteiger partial charge on any atom is -0.397 e. The van der Waals surface area contributed by atoms with Crippen molar-refractivity contribution < 1.29 is 4.79 Å². The summed E-state index contributed by atoms with van der Waals surface area (Å²) in [6.07, 6.45) is 3.83. The highest BCUT2D eigenvalue weighted by molar-refractivity contribution is 6.33. The van der Waals surface area contributed by atoms with E-state index in [9.17, 15) is 4.79 Å². The zero-order chi connectivity index (χ0) is 9.84. The molecule has 0 bridgehead atoms. The van der Waals surface area contributed by atoms with Gasteiger partial charge in [0.25, 0.3) is 0 Å². The van der Waals surface area contributed by atoms with Gasteiger partial charge in [0.2, 0.25) is 0 Å². The number of hydrogen-bond donors (Lipinski definition) is 1. The molecule has 0 amide bonds. The smallest absolute Gasteiger partial charge is 0.142 e. The normalized spacial score (nSPS) is 10.6. The summed E-state index contributed by atoms with van der Waals surface area (Å²) in [7, 11) is 0. The molecule has 3 heteroatoms. The molecule has 2 N–H and O–H groups in total. The van der Waals surface area contributed by atoms with Gasteiger partial charge < -0.3 is 5.73 Å². The second kappa shape index (κ2) is 4.10. The summed E-state index contributed by atoms with van der Waals surface area (Å²) in [4.78, 5) is 10.1. The van der Waals surface area contributed by atoms with Gasteiger partial charge in [-0.3, -0.25) is 4.79 Å². The van der Waals surface area contributed by atoms with Crippen LogP contribution in [0.2, 0.25) is 5.02 Å². The number of rotatable bonds is 2. The summed E-state index contributed by atoms with van der Waals surface area (Å²) in [6, 6.07) is 3.60. The molecule has 0 aliphatic rings. The Morgan fingerprint density at radius 3 is 2.69 bits per heavy atom. The molecule has 0 unspecified atom stereocenters. The predicted molar refractivity (Wildman–Crippen MR) is 55.7 cm³/mol. The van der Waals surface area contributed by atoms with Crippen LogP contribution in [0.1, 0.15) is 11.1 Å². The number of nitrogen functional groups attached to an aromatic ring is 1. The van der Waals surface area contributed by atoms with Crippen LogP contribution in [-0.4, -0.2) is 6.29 Å². The van der Waals surface area contributed by atoms with Gasteiger partial charge in [-0.1, -0.05) is 17.7 Å². The first-order valence-electron chi connectivity index (χ1n) is 3.82. The molecule has 0 aliphatic carbocycles. The van der Waals surface area contributed by atoms with E-state index in [1.807, 2.05) is 13.0 Å². The fraction of sp³-hybridized carbons (Fsp3) is 0.100. The van der Waals surface area contributed by atoms with Gasteiger partial charge in [0.15, 0.2) is 0 Å². The zero-order valence-electron chi connectivity index (χ0n) is 7.25. The van der Waals surface area contributed by atoms with Gasteiger partial charge in [-0.05, 0) is 36.3 Å². The van der Waals surface area contributed by atoms with Crippen molar-refractivity contribution in [3.63, 3.8) is 0 Å². The zero-order valence-corrected chi connectivity index (χ0v) is 8.01. The molecule has 0 saturated heterocycles. The quantitative estimate of drug-likeness (QED) is 0.448. The summed E-state index contributed by atoms with van der Waals surface area (Å²) < 4.78 is 0. The maximum absolute atomic E-state index is 10.1. The Hall–Kier alpha value is -1.28. The minimum atomic E-state index is 0.519. The summed E-state index contributed by atoms with van der Waals surface area (Å²) in [5, 5.41) is 0.519. The second-order valence-electron chi connectivity index (χ2n) is 2.73. The Balaban J connectivity index is 3.12. The molecule has 1 aromatic carbocycles. The molecule has 1 rings (SSSR count). The van der Waals surface area contributed by atoms with Crippen molar-refractivity contribution in [3.05, 3.63) is 34.4 Å². The van der Waals surface area contributed by atoms with Gasteiger partial charge in [0.05, 0.1) is 10.7 Å². The maximum Gasteiger partial charge on any atom is 0.142 e. The lowest BCUT2D eigenvalue weighted by atomic mass is 10.1. The van der Waals surface area contributed by atoms with Crippen molar-refractivity contribution in [2.24, 2.45) is 0 Å². The molecule has 0 atom stereocenters. The highest BCUT2D eigenvalue weighted by Gasteiger charge is 2.00. The van der Waals surface area contributed by atoms with Crippen LogP contribution in [0, 0.1) is 6.92 Å². The van der Waals surface area contributed by atoms with E-state index < -0.39 is 0 Å². The average molecular weight is 196 g/mol. The molecule has 0 heterocycles. The lowest BCUT2D eigenvalue weighted by molar-refractivity contribution is -0.104. The van der Waals surface area contributed by atoms with Crippen LogP contribution < -0.4 is 5.73 Å². The third kappa shape index (κ3) is 2.33. The van der Waals surface area contributed by atoms with Crippen molar-refractivity contribution in [2.75, 3.05) is 5.73 Å². The van der Waals surface area contributed by atoms with Crippen LogP contribution in [0.5, 0.6) is 0 Å². The number of carbonyl (C=O) groups excluding carboxylic acids is 1. The van der Waals surface area contributed by atoms with Crippen molar-refractivity contribution in [2.45, 2.75) is 6.92 Å². The third-order valence-corrected chi connectivity index (χ3v) is 2.04. The maximum atomic E-state index is 10.1. The van der Waals surface area contributed by atoms with E-state index in [1.54, 1.807) is 12.1 Å². The Morgan fingerprint density at radius 2 is 2.15 bits per heavy atom. The summed E-state index contributed by atoms with van der Waals surface area (Å²) >= 11 is 5.85. The van der Waals surface area contributed by atoms with Crippen molar-refractivity contribution in [1.29, 1.82) is 0 Å². The van der Waals surface area contributed by atoms with Crippen LogP contribution in [-0.2, 0) is 4.79 Å². The molecule has 0 spiro atoms. The molecule has 13 heavy (non-hydrogen) atoms. The monoisotopic (exact) mass is 195 g/mol. The van der Waals surface area contributed by atoms with E-state index >= 15 is 0 Å². The largest absolute Gasteiger partial charge is 0.397 e. The number of allylic oxidation sites excluding steroid dienone is 1. The first kappa shape index (κ1) is 9.81. The summed E-state index contributed by atoms with van der Waals surface area (Å²) in [5.41, 5.74) is 8.04. The molecular weight excluding hydrogens is 186 g/mol. The summed E-state index contributed by atoms with van der Waals surface area (Å²) in [5.74, 6) is 0. The van der Waals surface area contributed by atoms with Crippen LogP contribution in [0.3, 0.4) is 0 Å². The lowest BCUT2D eigenvalue weighted by Crippen LogP contribution is -1.91. The lowest BCUT2D eigenvalue weighted by Gasteiger charge is -2.03. The molecule has 0 saturated carbocycles. The molecule has 0 radical (unpaired) electrons. The number of hydrogen-bond acceptors (Lipinski definition) is 2. The van der Waals surface area contributed by atoms with Gasteiger partial charge in [0, 0.05) is 0 Å². The van der Waals surface area contributed by atoms with Gasteiger partial charge in [-0.25, -0.2) is 0 Å². The molecule has 0 aliphatic heterocycles. The van der Waals surface area contributed by atoms with E-state index in [-0.39, 0.29) is 0 Å². The summed E-state index contributed by atoms with van der Waals surface area (Å²) in [6.45, 7) is 1.87. The van der Waals surface area contributed by atoms with Crippen LogP contribution >= 0.6 is 11.6 Å². The van der Waals surface area contributed by atoms with Crippen molar-refractivity contribution in [3.8, 4) is 0 Å². The standard InChI is InChI=1S/C10H10ClNO/c1-7-5-8(3-2-4-13)6-9(11)10(7)12/h2-6H,12H2,1H3. The Labute approximate surface area is 82.0 Å². The van der Waals surface area contributed by atoms with Gasteiger partial charge in [-0.2, -0.15) is 0 Å². The molecule has 68 valence electrons. The van der Waals surface area contributed by atoms with E-state index in [4.69, 9.17) is 17.3 Å². The van der Waals surface area contributed by atoms with Gasteiger partial charge in [0.1, 0.15) is 6.29 Å².